The lowest BCUT2D eigenvalue weighted by Crippen LogP contribution is -2.38. The summed E-state index contributed by atoms with van der Waals surface area (Å²) in [5, 5.41) is 0. The third-order valence-corrected chi connectivity index (χ3v) is 5.12. The fourth-order valence-corrected chi connectivity index (χ4v) is 3.68. The highest BCUT2D eigenvalue weighted by molar-refractivity contribution is 5.79. The number of rotatable bonds is 4. The highest BCUT2D eigenvalue weighted by Crippen LogP contribution is 2.36. The molecule has 0 saturated heterocycles. The van der Waals surface area contributed by atoms with Crippen LogP contribution in [-0.2, 0) is 17.8 Å². The summed E-state index contributed by atoms with van der Waals surface area (Å²) in [5.74, 6) is 1.35. The number of fused-ring (bicyclic) bond motifs is 2. The quantitative estimate of drug-likeness (QED) is 0.713. The fraction of sp³-hybridized carbons (Fsp3) is 0.333. The summed E-state index contributed by atoms with van der Waals surface area (Å²) < 4.78 is 13.3. The zero-order chi connectivity index (χ0) is 19.0. The van der Waals surface area contributed by atoms with Crippen molar-refractivity contribution < 1.29 is 14.3 Å². The lowest BCUT2D eigenvalue weighted by molar-refractivity contribution is -0.136. The first kappa shape index (κ1) is 17.4. The van der Waals surface area contributed by atoms with E-state index in [-0.39, 0.29) is 11.8 Å². The average molecular weight is 365 g/mol. The molecule has 27 heavy (non-hydrogen) atoms. The first-order chi connectivity index (χ1) is 13.1. The van der Waals surface area contributed by atoms with Crippen molar-refractivity contribution in [2.75, 3.05) is 20.8 Å². The molecule has 1 aliphatic heterocycles. The number of carbonyl (C=O) groups excluding carboxylic acids is 1. The zero-order valence-electron chi connectivity index (χ0n) is 15.8. The Kier molecular flexibility index (Phi) is 4.48. The minimum Gasteiger partial charge on any atom is -0.493 e. The van der Waals surface area contributed by atoms with E-state index in [9.17, 15) is 4.79 Å². The van der Waals surface area contributed by atoms with E-state index in [4.69, 9.17) is 9.47 Å². The first-order valence-electron chi connectivity index (χ1n) is 9.04. The molecule has 0 spiro atoms. The van der Waals surface area contributed by atoms with E-state index in [1.165, 1.54) is 0 Å². The maximum Gasteiger partial charge on any atom is 0.229 e. The van der Waals surface area contributed by atoms with Gasteiger partial charge in [0.25, 0.3) is 0 Å². The largest absolute Gasteiger partial charge is 0.493 e. The van der Waals surface area contributed by atoms with Crippen LogP contribution < -0.4 is 9.47 Å². The monoisotopic (exact) mass is 365 g/mol. The molecule has 2 aromatic heterocycles. The van der Waals surface area contributed by atoms with Crippen LogP contribution in [0.1, 0.15) is 17.0 Å². The number of imidazole rings is 1. The normalized spacial score (nSPS) is 15.9. The highest BCUT2D eigenvalue weighted by Gasteiger charge is 2.30. The van der Waals surface area contributed by atoms with Gasteiger partial charge in [-0.05, 0) is 37.1 Å². The molecular formula is C21H23N3O3. The number of amides is 1. The van der Waals surface area contributed by atoms with Crippen LogP contribution in [0.2, 0.25) is 0 Å². The molecule has 0 fully saturated rings. The van der Waals surface area contributed by atoms with Gasteiger partial charge < -0.3 is 18.8 Å². The predicted octanol–water partition coefficient (Wildman–Crippen LogP) is 2.86. The number of aryl methyl sites for hydroxylation is 1. The van der Waals surface area contributed by atoms with Crippen LogP contribution in [0.5, 0.6) is 11.5 Å². The lowest BCUT2D eigenvalue weighted by Gasteiger charge is -2.29. The predicted molar refractivity (Wildman–Crippen MR) is 102 cm³/mol. The Morgan fingerprint density at radius 3 is 3.00 bits per heavy atom. The van der Waals surface area contributed by atoms with Crippen LogP contribution in [0, 0.1) is 12.8 Å². The Balaban J connectivity index is 1.52. The summed E-state index contributed by atoms with van der Waals surface area (Å²) in [6.45, 7) is 2.85. The Labute approximate surface area is 158 Å². The molecule has 6 nitrogen and oxygen atoms in total. The molecule has 140 valence electrons. The second-order valence-electron chi connectivity index (χ2n) is 6.93. The van der Waals surface area contributed by atoms with E-state index in [0.717, 1.165) is 28.3 Å². The van der Waals surface area contributed by atoms with Gasteiger partial charge in [0.2, 0.25) is 5.91 Å². The van der Waals surface area contributed by atoms with E-state index < -0.39 is 0 Å². The molecule has 0 radical (unpaired) electrons. The summed E-state index contributed by atoms with van der Waals surface area (Å²) in [5.41, 5.74) is 3.88. The molecule has 0 N–H and O–H groups in total. The van der Waals surface area contributed by atoms with Gasteiger partial charge in [0.15, 0.2) is 11.5 Å². The van der Waals surface area contributed by atoms with Crippen molar-refractivity contribution in [3.8, 4) is 11.5 Å². The van der Waals surface area contributed by atoms with Crippen LogP contribution in [0.3, 0.4) is 0 Å². The van der Waals surface area contributed by atoms with Gasteiger partial charge in [0.1, 0.15) is 12.3 Å². The van der Waals surface area contributed by atoms with E-state index in [2.05, 4.69) is 4.98 Å². The van der Waals surface area contributed by atoms with Gasteiger partial charge in [-0.2, -0.15) is 0 Å². The van der Waals surface area contributed by atoms with Crippen molar-refractivity contribution in [2.45, 2.75) is 19.9 Å². The SMILES string of the molecule is COc1cccc2c1OC[C@@H](C(=O)N(C)Cc1c(C)nc3ccccn13)C2. The number of benzene rings is 1. The van der Waals surface area contributed by atoms with Crippen molar-refractivity contribution in [2.24, 2.45) is 5.92 Å². The number of hydrogen-bond acceptors (Lipinski definition) is 4. The molecule has 3 aromatic rings. The van der Waals surface area contributed by atoms with E-state index >= 15 is 0 Å². The number of aromatic nitrogens is 2. The maximum atomic E-state index is 13.0. The van der Waals surface area contributed by atoms with Gasteiger partial charge >= 0.3 is 0 Å². The van der Waals surface area contributed by atoms with Crippen LogP contribution in [0.15, 0.2) is 42.6 Å². The lowest BCUT2D eigenvalue weighted by atomic mass is 9.95. The molecule has 4 rings (SSSR count). The molecule has 1 aliphatic rings. The molecule has 3 heterocycles. The molecule has 0 saturated carbocycles. The van der Waals surface area contributed by atoms with Gasteiger partial charge in [0, 0.05) is 13.2 Å². The van der Waals surface area contributed by atoms with E-state index in [1.54, 1.807) is 12.0 Å². The van der Waals surface area contributed by atoms with Gasteiger partial charge in [-0.3, -0.25) is 4.79 Å². The summed E-state index contributed by atoms with van der Waals surface area (Å²) in [6.07, 6.45) is 2.64. The van der Waals surface area contributed by atoms with Crippen molar-refractivity contribution in [3.05, 3.63) is 59.5 Å². The average Bonchev–Trinajstić information content (AvgIpc) is 3.01. The summed E-state index contributed by atoms with van der Waals surface area (Å²) in [4.78, 5) is 19.4. The topological polar surface area (TPSA) is 56.1 Å². The van der Waals surface area contributed by atoms with Crippen LogP contribution in [-0.4, -0.2) is 41.0 Å². The van der Waals surface area contributed by atoms with E-state index in [0.29, 0.717) is 25.3 Å². The van der Waals surface area contributed by atoms with Crippen LogP contribution in [0.25, 0.3) is 5.65 Å². The number of methoxy groups -OCH3 is 1. The van der Waals surface area contributed by atoms with Gasteiger partial charge in [-0.15, -0.1) is 0 Å². The second-order valence-corrected chi connectivity index (χ2v) is 6.93. The summed E-state index contributed by atoms with van der Waals surface area (Å²) in [7, 11) is 3.47. The maximum absolute atomic E-state index is 13.0. The first-order valence-corrected chi connectivity index (χ1v) is 9.04. The Hall–Kier alpha value is -3.02. The van der Waals surface area contributed by atoms with Crippen molar-refractivity contribution in [3.63, 3.8) is 0 Å². The Bertz CT molecular complexity index is 996. The van der Waals surface area contributed by atoms with Crippen molar-refractivity contribution in [1.29, 1.82) is 0 Å². The summed E-state index contributed by atoms with van der Waals surface area (Å²) in [6, 6.07) is 11.7. The minimum absolute atomic E-state index is 0.0775. The van der Waals surface area contributed by atoms with Gasteiger partial charge in [-0.1, -0.05) is 18.2 Å². The molecule has 0 aliphatic carbocycles. The molecule has 1 amide bonds. The molecule has 1 atom stereocenters. The van der Waals surface area contributed by atoms with Crippen molar-refractivity contribution in [1.82, 2.24) is 14.3 Å². The zero-order valence-corrected chi connectivity index (χ0v) is 15.8. The Morgan fingerprint density at radius 1 is 1.33 bits per heavy atom. The fourth-order valence-electron chi connectivity index (χ4n) is 3.68. The van der Waals surface area contributed by atoms with Crippen LogP contribution >= 0.6 is 0 Å². The smallest absolute Gasteiger partial charge is 0.229 e. The van der Waals surface area contributed by atoms with Gasteiger partial charge in [0.05, 0.1) is 31.0 Å². The summed E-state index contributed by atoms with van der Waals surface area (Å²) >= 11 is 0. The molecule has 1 aromatic carbocycles. The highest BCUT2D eigenvalue weighted by atomic mass is 16.5. The second kappa shape index (κ2) is 6.95. The molecule has 0 unspecified atom stereocenters. The molecular weight excluding hydrogens is 342 g/mol. The number of carbonyl (C=O) groups is 1. The van der Waals surface area contributed by atoms with E-state index in [1.807, 2.05) is 61.0 Å². The molecule has 0 bridgehead atoms. The van der Waals surface area contributed by atoms with Gasteiger partial charge in [-0.25, -0.2) is 4.98 Å². The third-order valence-electron chi connectivity index (χ3n) is 5.12. The standard InChI is InChI=1S/C21H23N3O3/c1-14-17(24-10-5-4-9-19(24)22-14)12-23(2)21(25)16-11-15-7-6-8-18(26-3)20(15)27-13-16/h4-10,16H,11-13H2,1-3H3/t16-/m0/s1. The van der Waals surface area contributed by atoms with Crippen LogP contribution in [0.4, 0.5) is 0 Å². The Morgan fingerprint density at radius 2 is 2.19 bits per heavy atom. The number of hydrogen-bond donors (Lipinski definition) is 0. The molecule has 6 heteroatoms. The third kappa shape index (κ3) is 3.12. The minimum atomic E-state index is -0.200. The number of nitrogens with zero attached hydrogens (tertiary/aromatic N) is 3. The number of pyridine rings is 1. The number of ether oxygens (including phenoxy) is 2. The number of para-hydroxylation sites is 1. The van der Waals surface area contributed by atoms with Crippen molar-refractivity contribution >= 4 is 11.6 Å².